The Balaban J connectivity index is 1.35. The van der Waals surface area contributed by atoms with Crippen LogP contribution in [0.25, 0.3) is 11.1 Å². The summed E-state index contributed by atoms with van der Waals surface area (Å²) in [6, 6.07) is 12.3. The number of rotatable bonds is 8. The van der Waals surface area contributed by atoms with E-state index < -0.39 is 5.82 Å². The van der Waals surface area contributed by atoms with E-state index in [0.29, 0.717) is 41.6 Å². The zero-order chi connectivity index (χ0) is 26.5. The van der Waals surface area contributed by atoms with Crippen molar-refractivity contribution >= 4 is 34.9 Å². The van der Waals surface area contributed by atoms with Crippen molar-refractivity contribution in [1.29, 1.82) is 0 Å². The number of anilines is 1. The summed E-state index contributed by atoms with van der Waals surface area (Å²) in [5.74, 6) is 0.655. The molecule has 1 saturated heterocycles. The predicted octanol–water partition coefficient (Wildman–Crippen LogP) is 4.99. The van der Waals surface area contributed by atoms with Gasteiger partial charge in [-0.3, -0.25) is 4.79 Å². The van der Waals surface area contributed by atoms with Crippen LogP contribution in [0.2, 0.25) is 10.0 Å². The van der Waals surface area contributed by atoms with E-state index in [1.165, 1.54) is 12.1 Å². The lowest BCUT2D eigenvalue weighted by atomic mass is 10.1. The first-order chi connectivity index (χ1) is 17.7. The zero-order valence-corrected chi connectivity index (χ0v) is 22.2. The summed E-state index contributed by atoms with van der Waals surface area (Å²) in [4.78, 5) is 18.6. The summed E-state index contributed by atoms with van der Waals surface area (Å²) < 4.78 is 25.3. The summed E-state index contributed by atoms with van der Waals surface area (Å²) in [7, 11) is 0. The van der Waals surface area contributed by atoms with E-state index in [2.05, 4.69) is 24.1 Å². The molecule has 0 radical (unpaired) electrons. The number of carbonyl (C=O) groups is 1. The van der Waals surface area contributed by atoms with Crippen LogP contribution in [0.1, 0.15) is 19.4 Å². The molecule has 1 fully saturated rings. The van der Waals surface area contributed by atoms with Gasteiger partial charge in [0, 0.05) is 48.4 Å². The zero-order valence-electron chi connectivity index (χ0n) is 20.6. The van der Waals surface area contributed by atoms with Gasteiger partial charge in [0.15, 0.2) is 18.2 Å². The molecule has 1 aromatic heterocycles. The maximum atomic E-state index is 13.8. The van der Waals surface area contributed by atoms with Crippen LogP contribution in [0, 0.1) is 5.82 Å². The molecule has 37 heavy (non-hydrogen) atoms. The molecule has 2 atom stereocenters. The van der Waals surface area contributed by atoms with Gasteiger partial charge in [0.2, 0.25) is 0 Å². The number of hydrogen-bond donors (Lipinski definition) is 2. The molecule has 3 N–H and O–H groups in total. The van der Waals surface area contributed by atoms with Crippen molar-refractivity contribution in [2.75, 3.05) is 32.0 Å². The second-order valence-corrected chi connectivity index (χ2v) is 9.89. The molecule has 3 aromatic rings. The monoisotopic (exact) mass is 546 g/mol. The van der Waals surface area contributed by atoms with Gasteiger partial charge in [-0.2, -0.15) is 0 Å². The molecule has 2 unspecified atom stereocenters. The molecule has 10 heteroatoms. The maximum absolute atomic E-state index is 13.8. The summed E-state index contributed by atoms with van der Waals surface area (Å²) in [5, 5.41) is 3.77. The largest absolute Gasteiger partial charge is 0.489 e. The third-order valence-electron chi connectivity index (χ3n) is 6.09. The van der Waals surface area contributed by atoms with Crippen molar-refractivity contribution in [3.8, 4) is 22.6 Å². The van der Waals surface area contributed by atoms with Crippen molar-refractivity contribution in [2.45, 2.75) is 32.4 Å². The minimum absolute atomic E-state index is 0.0143. The van der Waals surface area contributed by atoms with Gasteiger partial charge in [-0.05, 0) is 55.3 Å². The molecule has 2 aromatic carbocycles. The van der Waals surface area contributed by atoms with Crippen molar-refractivity contribution in [2.24, 2.45) is 0 Å². The molecule has 0 bridgehead atoms. The Morgan fingerprint density at radius 1 is 1.11 bits per heavy atom. The van der Waals surface area contributed by atoms with Crippen LogP contribution in [0.5, 0.6) is 11.5 Å². The summed E-state index contributed by atoms with van der Waals surface area (Å²) in [6.45, 7) is 5.63. The van der Waals surface area contributed by atoms with E-state index >= 15 is 0 Å². The number of hydrogen-bond acceptors (Lipinski definition) is 6. The molecular weight excluding hydrogens is 518 g/mol. The van der Waals surface area contributed by atoms with Gasteiger partial charge < -0.3 is 25.4 Å². The lowest BCUT2D eigenvalue weighted by Crippen LogP contribution is -2.56. The number of nitrogens with two attached hydrogens (primary N) is 1. The molecule has 1 amide bonds. The number of nitrogen functional groups attached to an aromatic ring is 1. The Labute approximate surface area is 225 Å². The Hall–Kier alpha value is -3.07. The van der Waals surface area contributed by atoms with E-state index in [-0.39, 0.29) is 42.0 Å². The predicted molar refractivity (Wildman–Crippen MR) is 144 cm³/mol. The summed E-state index contributed by atoms with van der Waals surface area (Å²) in [5.41, 5.74) is 8.13. The third kappa shape index (κ3) is 6.83. The number of halogens is 3. The van der Waals surface area contributed by atoms with Crippen LogP contribution in [0.4, 0.5) is 10.2 Å². The van der Waals surface area contributed by atoms with E-state index in [1.807, 2.05) is 17.0 Å². The Morgan fingerprint density at radius 2 is 1.81 bits per heavy atom. The van der Waals surface area contributed by atoms with Gasteiger partial charge in [0.05, 0.1) is 11.6 Å². The average molecular weight is 547 g/mol. The van der Waals surface area contributed by atoms with Gasteiger partial charge in [0.1, 0.15) is 11.6 Å². The van der Waals surface area contributed by atoms with E-state index in [1.54, 1.807) is 24.4 Å². The molecule has 2 heterocycles. The number of benzene rings is 2. The first-order valence-electron chi connectivity index (χ1n) is 12.0. The minimum Gasteiger partial charge on any atom is -0.489 e. The van der Waals surface area contributed by atoms with Crippen LogP contribution in [-0.2, 0) is 11.2 Å². The van der Waals surface area contributed by atoms with Crippen LogP contribution in [-0.4, -0.2) is 54.2 Å². The van der Waals surface area contributed by atoms with Crippen LogP contribution < -0.4 is 20.5 Å². The SMILES string of the molecule is CC1CN(C(=O)COc2ccc(-c3cnc(N)c(OCCc4c(Cl)ccc(F)c4Cl)c3)cc2)CC(C)N1. The quantitative estimate of drug-likeness (QED) is 0.387. The van der Waals surface area contributed by atoms with Gasteiger partial charge in [-0.15, -0.1) is 0 Å². The van der Waals surface area contributed by atoms with Crippen molar-refractivity contribution < 1.29 is 18.7 Å². The maximum Gasteiger partial charge on any atom is 0.260 e. The van der Waals surface area contributed by atoms with Crippen LogP contribution in [0.15, 0.2) is 48.7 Å². The molecule has 0 spiro atoms. The van der Waals surface area contributed by atoms with Gasteiger partial charge >= 0.3 is 0 Å². The third-order valence-corrected chi connectivity index (χ3v) is 6.85. The van der Waals surface area contributed by atoms with E-state index in [9.17, 15) is 9.18 Å². The molecule has 4 rings (SSSR count). The standard InChI is InChI=1S/C27H29Cl2FN4O3/c1-16-13-34(14-17(2)33-16)25(35)15-37-20-5-3-18(4-6-20)19-11-24(27(31)32-12-19)36-10-9-21-22(28)7-8-23(30)26(21)29/h3-8,11-12,16-17,33H,9-10,13-15H2,1-2H3,(H2,31,32). The number of ether oxygens (including phenoxy) is 2. The number of pyridine rings is 1. The molecule has 7 nitrogen and oxygen atoms in total. The number of carbonyl (C=O) groups excluding carboxylic acids is 1. The topological polar surface area (TPSA) is 89.7 Å². The Bertz CT molecular complexity index is 1250. The Kier molecular flexibility index (Phi) is 8.74. The lowest BCUT2D eigenvalue weighted by molar-refractivity contribution is -0.135. The van der Waals surface area contributed by atoms with Crippen molar-refractivity contribution in [3.05, 3.63) is 70.1 Å². The molecule has 1 aliphatic rings. The van der Waals surface area contributed by atoms with E-state index in [0.717, 1.165) is 11.1 Å². The minimum atomic E-state index is -0.533. The number of nitrogens with zero attached hydrogens (tertiary/aromatic N) is 2. The van der Waals surface area contributed by atoms with Crippen molar-refractivity contribution in [3.63, 3.8) is 0 Å². The smallest absolute Gasteiger partial charge is 0.260 e. The first-order valence-corrected chi connectivity index (χ1v) is 12.7. The molecular formula is C27H29Cl2FN4O3. The second-order valence-electron chi connectivity index (χ2n) is 9.11. The fourth-order valence-corrected chi connectivity index (χ4v) is 4.86. The number of amides is 1. The highest BCUT2D eigenvalue weighted by Gasteiger charge is 2.24. The summed E-state index contributed by atoms with van der Waals surface area (Å²) in [6.07, 6.45) is 1.95. The van der Waals surface area contributed by atoms with Gasteiger partial charge in [0.25, 0.3) is 5.91 Å². The van der Waals surface area contributed by atoms with Crippen LogP contribution in [0.3, 0.4) is 0 Å². The normalized spacial score (nSPS) is 17.5. The molecule has 196 valence electrons. The van der Waals surface area contributed by atoms with E-state index in [4.69, 9.17) is 38.4 Å². The summed E-state index contributed by atoms with van der Waals surface area (Å²) >= 11 is 12.2. The van der Waals surface area contributed by atoms with Crippen molar-refractivity contribution in [1.82, 2.24) is 15.2 Å². The fourth-order valence-electron chi connectivity index (χ4n) is 4.30. The number of aromatic nitrogens is 1. The van der Waals surface area contributed by atoms with Gasteiger partial charge in [-0.25, -0.2) is 9.37 Å². The first kappa shape index (κ1) is 27.0. The highest BCUT2D eigenvalue weighted by molar-refractivity contribution is 6.36. The highest BCUT2D eigenvalue weighted by Crippen LogP contribution is 2.30. The Morgan fingerprint density at radius 3 is 2.51 bits per heavy atom. The second kappa shape index (κ2) is 12.0. The van der Waals surface area contributed by atoms with Crippen LogP contribution >= 0.6 is 23.2 Å². The number of nitrogens with one attached hydrogen (secondary N) is 1. The molecule has 1 aliphatic heterocycles. The molecule has 0 saturated carbocycles. The van der Waals surface area contributed by atoms with Gasteiger partial charge in [-0.1, -0.05) is 35.3 Å². The molecule has 0 aliphatic carbocycles. The lowest BCUT2D eigenvalue weighted by Gasteiger charge is -2.36. The highest BCUT2D eigenvalue weighted by atomic mass is 35.5. The average Bonchev–Trinajstić information content (AvgIpc) is 2.87. The number of piperazine rings is 1. The fraction of sp³-hybridized carbons (Fsp3) is 0.333.